The number of rotatable bonds is 2. The van der Waals surface area contributed by atoms with Crippen molar-refractivity contribution >= 4 is 33.4 Å². The number of hydrogen-bond donors (Lipinski definition) is 0. The standard InChI is InChI=1S/C14H17BrClNO/c1-10-5-6-17(9-13(10)16)14(18)8-11-3-2-4-12(15)7-11/h2-4,7,10,13H,5-6,8-9H2,1H3. The van der Waals surface area contributed by atoms with E-state index in [-0.39, 0.29) is 11.3 Å². The van der Waals surface area contributed by atoms with Gasteiger partial charge in [0.2, 0.25) is 5.91 Å². The highest BCUT2D eigenvalue weighted by atomic mass is 79.9. The van der Waals surface area contributed by atoms with Crippen LogP contribution in [-0.2, 0) is 11.2 Å². The molecule has 0 saturated carbocycles. The van der Waals surface area contributed by atoms with Crippen LogP contribution in [0.15, 0.2) is 28.7 Å². The van der Waals surface area contributed by atoms with E-state index < -0.39 is 0 Å². The minimum absolute atomic E-state index is 0.0882. The van der Waals surface area contributed by atoms with E-state index in [1.807, 2.05) is 29.2 Å². The zero-order chi connectivity index (χ0) is 13.1. The first-order valence-corrected chi connectivity index (χ1v) is 7.45. The van der Waals surface area contributed by atoms with Gasteiger partial charge in [-0.2, -0.15) is 0 Å². The van der Waals surface area contributed by atoms with E-state index in [2.05, 4.69) is 22.9 Å². The van der Waals surface area contributed by atoms with Gasteiger partial charge in [0.05, 0.1) is 11.8 Å². The van der Waals surface area contributed by atoms with E-state index >= 15 is 0 Å². The van der Waals surface area contributed by atoms with Crippen LogP contribution in [0.4, 0.5) is 0 Å². The Balaban J connectivity index is 1.96. The Morgan fingerprint density at radius 2 is 2.33 bits per heavy atom. The summed E-state index contributed by atoms with van der Waals surface area (Å²) in [5.41, 5.74) is 1.04. The molecule has 18 heavy (non-hydrogen) atoms. The van der Waals surface area contributed by atoms with Crippen molar-refractivity contribution in [2.75, 3.05) is 13.1 Å². The van der Waals surface area contributed by atoms with E-state index in [1.165, 1.54) is 0 Å². The van der Waals surface area contributed by atoms with Gasteiger partial charge in [0.1, 0.15) is 0 Å². The molecule has 0 bridgehead atoms. The van der Waals surface area contributed by atoms with Gasteiger partial charge in [0.25, 0.3) is 0 Å². The highest BCUT2D eigenvalue weighted by Gasteiger charge is 2.27. The lowest BCUT2D eigenvalue weighted by Crippen LogP contribution is -2.44. The van der Waals surface area contributed by atoms with Crippen LogP contribution in [0.2, 0.25) is 0 Å². The molecule has 1 aromatic carbocycles. The van der Waals surface area contributed by atoms with Crippen LogP contribution in [0.5, 0.6) is 0 Å². The molecule has 1 heterocycles. The fraction of sp³-hybridized carbons (Fsp3) is 0.500. The average molecular weight is 331 g/mol. The molecule has 2 rings (SSSR count). The first kappa shape index (κ1) is 13.9. The molecule has 1 aliphatic heterocycles. The summed E-state index contributed by atoms with van der Waals surface area (Å²) in [6.07, 6.45) is 1.45. The van der Waals surface area contributed by atoms with Crippen molar-refractivity contribution in [3.63, 3.8) is 0 Å². The number of amides is 1. The molecule has 0 aliphatic carbocycles. The van der Waals surface area contributed by atoms with Gasteiger partial charge in [0, 0.05) is 17.6 Å². The van der Waals surface area contributed by atoms with Crippen LogP contribution < -0.4 is 0 Å². The zero-order valence-corrected chi connectivity index (χ0v) is 12.7. The summed E-state index contributed by atoms with van der Waals surface area (Å²) < 4.78 is 1.01. The van der Waals surface area contributed by atoms with Crippen molar-refractivity contribution in [2.45, 2.75) is 25.1 Å². The highest BCUT2D eigenvalue weighted by Crippen LogP contribution is 2.22. The molecular formula is C14H17BrClNO. The van der Waals surface area contributed by atoms with Gasteiger partial charge < -0.3 is 4.90 Å². The maximum absolute atomic E-state index is 12.2. The summed E-state index contributed by atoms with van der Waals surface area (Å²) >= 11 is 9.65. The Morgan fingerprint density at radius 1 is 1.56 bits per heavy atom. The SMILES string of the molecule is CC1CCN(C(=O)Cc2cccc(Br)c2)CC1Cl. The van der Waals surface area contributed by atoms with Crippen molar-refractivity contribution in [1.29, 1.82) is 0 Å². The van der Waals surface area contributed by atoms with Crippen molar-refractivity contribution in [2.24, 2.45) is 5.92 Å². The lowest BCUT2D eigenvalue weighted by atomic mass is 9.98. The predicted octanol–water partition coefficient (Wildman–Crippen LogP) is 3.47. The Labute approximate surface area is 121 Å². The Morgan fingerprint density at radius 3 is 3.00 bits per heavy atom. The molecule has 1 saturated heterocycles. The third-order valence-corrected chi connectivity index (χ3v) is 4.53. The van der Waals surface area contributed by atoms with Crippen molar-refractivity contribution < 1.29 is 4.79 Å². The highest BCUT2D eigenvalue weighted by molar-refractivity contribution is 9.10. The van der Waals surface area contributed by atoms with E-state index in [0.29, 0.717) is 18.9 Å². The lowest BCUT2D eigenvalue weighted by molar-refractivity contribution is -0.131. The quantitative estimate of drug-likeness (QED) is 0.760. The van der Waals surface area contributed by atoms with Crippen LogP contribution in [0.25, 0.3) is 0 Å². The summed E-state index contributed by atoms with van der Waals surface area (Å²) in [5.74, 6) is 0.673. The van der Waals surface area contributed by atoms with Crippen LogP contribution in [0.1, 0.15) is 18.9 Å². The van der Waals surface area contributed by atoms with Crippen LogP contribution in [0.3, 0.4) is 0 Å². The number of benzene rings is 1. The molecule has 1 aliphatic rings. The molecule has 98 valence electrons. The second kappa shape index (κ2) is 6.07. The fourth-order valence-electron chi connectivity index (χ4n) is 2.18. The van der Waals surface area contributed by atoms with Gasteiger partial charge in [-0.25, -0.2) is 0 Å². The number of nitrogens with zero attached hydrogens (tertiary/aromatic N) is 1. The molecule has 1 amide bonds. The molecule has 4 heteroatoms. The minimum Gasteiger partial charge on any atom is -0.341 e. The molecule has 1 aromatic rings. The Kier molecular flexibility index (Phi) is 4.68. The molecule has 0 spiro atoms. The number of halogens is 2. The number of likely N-dealkylation sites (tertiary alicyclic amines) is 1. The molecule has 2 unspecified atom stereocenters. The third kappa shape index (κ3) is 3.48. The summed E-state index contributed by atoms with van der Waals surface area (Å²) in [4.78, 5) is 14.1. The van der Waals surface area contributed by atoms with Gasteiger partial charge in [-0.3, -0.25) is 4.79 Å². The van der Waals surface area contributed by atoms with E-state index in [1.54, 1.807) is 0 Å². The molecule has 0 N–H and O–H groups in total. The first-order chi connectivity index (χ1) is 8.56. The summed E-state index contributed by atoms with van der Waals surface area (Å²) in [7, 11) is 0. The van der Waals surface area contributed by atoms with E-state index in [4.69, 9.17) is 11.6 Å². The predicted molar refractivity (Wildman–Crippen MR) is 77.8 cm³/mol. The van der Waals surface area contributed by atoms with Gasteiger partial charge in [-0.1, -0.05) is 35.0 Å². The third-order valence-electron chi connectivity index (χ3n) is 3.46. The van der Waals surface area contributed by atoms with Crippen molar-refractivity contribution in [1.82, 2.24) is 4.90 Å². The summed E-state index contributed by atoms with van der Waals surface area (Å²) in [6, 6.07) is 7.89. The lowest BCUT2D eigenvalue weighted by Gasteiger charge is -2.34. The monoisotopic (exact) mass is 329 g/mol. The molecule has 1 fully saturated rings. The molecule has 2 nitrogen and oxygen atoms in total. The summed E-state index contributed by atoms with van der Waals surface area (Å²) in [5, 5.41) is 0.0882. The van der Waals surface area contributed by atoms with E-state index in [0.717, 1.165) is 23.0 Å². The number of carbonyl (C=O) groups excluding carboxylic acids is 1. The topological polar surface area (TPSA) is 20.3 Å². The maximum Gasteiger partial charge on any atom is 0.227 e. The molecule has 0 radical (unpaired) electrons. The average Bonchev–Trinajstić information content (AvgIpc) is 2.32. The van der Waals surface area contributed by atoms with Crippen LogP contribution in [0, 0.1) is 5.92 Å². The van der Waals surface area contributed by atoms with Crippen molar-refractivity contribution in [3.05, 3.63) is 34.3 Å². The normalized spacial score (nSPS) is 24.1. The summed E-state index contributed by atoms with van der Waals surface area (Å²) in [6.45, 7) is 3.65. The number of piperidine rings is 1. The van der Waals surface area contributed by atoms with Crippen LogP contribution in [-0.4, -0.2) is 29.3 Å². The number of alkyl halides is 1. The van der Waals surface area contributed by atoms with Gasteiger partial charge in [-0.05, 0) is 30.0 Å². The minimum atomic E-state index is 0.0882. The Hall–Kier alpha value is -0.540. The largest absolute Gasteiger partial charge is 0.341 e. The van der Waals surface area contributed by atoms with Crippen molar-refractivity contribution in [3.8, 4) is 0 Å². The smallest absolute Gasteiger partial charge is 0.227 e. The second-order valence-corrected chi connectivity index (χ2v) is 6.40. The fourth-order valence-corrected chi connectivity index (χ4v) is 2.92. The number of carbonyl (C=O) groups is 1. The second-order valence-electron chi connectivity index (χ2n) is 4.93. The van der Waals surface area contributed by atoms with Crippen LogP contribution >= 0.6 is 27.5 Å². The molecule has 2 atom stereocenters. The molecule has 0 aromatic heterocycles. The maximum atomic E-state index is 12.2. The Bertz CT molecular complexity index is 438. The first-order valence-electron chi connectivity index (χ1n) is 6.22. The van der Waals surface area contributed by atoms with Gasteiger partial charge >= 0.3 is 0 Å². The number of hydrogen-bond acceptors (Lipinski definition) is 1. The molecular weight excluding hydrogens is 314 g/mol. The van der Waals surface area contributed by atoms with E-state index in [9.17, 15) is 4.79 Å². The zero-order valence-electron chi connectivity index (χ0n) is 10.4. The van der Waals surface area contributed by atoms with Gasteiger partial charge in [-0.15, -0.1) is 11.6 Å². The van der Waals surface area contributed by atoms with Gasteiger partial charge in [0.15, 0.2) is 0 Å².